The smallest absolute Gasteiger partial charge is 0.244 e. The van der Waals surface area contributed by atoms with Crippen LogP contribution in [0.2, 0.25) is 0 Å². The summed E-state index contributed by atoms with van der Waals surface area (Å²) in [5, 5.41) is 8.98. The highest BCUT2D eigenvalue weighted by atomic mass is 32.2. The van der Waals surface area contributed by atoms with Crippen molar-refractivity contribution in [2.45, 2.75) is 23.9 Å². The summed E-state index contributed by atoms with van der Waals surface area (Å²) < 4.78 is 27.1. The van der Waals surface area contributed by atoms with E-state index >= 15 is 0 Å². The van der Waals surface area contributed by atoms with Crippen LogP contribution < -0.4 is 5.73 Å². The Kier molecular flexibility index (Phi) is 4.09. The van der Waals surface area contributed by atoms with Crippen LogP contribution in [0.15, 0.2) is 53.4 Å². The van der Waals surface area contributed by atoms with Gasteiger partial charge in [-0.1, -0.05) is 30.3 Å². The van der Waals surface area contributed by atoms with Gasteiger partial charge in [0, 0.05) is 6.54 Å². The van der Waals surface area contributed by atoms with E-state index in [1.54, 1.807) is 0 Å². The van der Waals surface area contributed by atoms with Crippen molar-refractivity contribution in [2.24, 2.45) is 5.73 Å². The predicted octanol–water partition coefficient (Wildman–Crippen LogP) is 1.16. The number of sulfonamides is 1. The van der Waals surface area contributed by atoms with Crippen molar-refractivity contribution < 1.29 is 13.2 Å². The lowest BCUT2D eigenvalue weighted by Gasteiger charge is -2.34. The van der Waals surface area contributed by atoms with Crippen molar-refractivity contribution in [2.75, 3.05) is 0 Å². The Morgan fingerprint density at radius 1 is 1.17 bits per heavy atom. The van der Waals surface area contributed by atoms with Crippen molar-refractivity contribution >= 4 is 15.9 Å². The zero-order valence-electron chi connectivity index (χ0n) is 12.7. The third kappa shape index (κ3) is 2.77. The molecule has 0 saturated carbocycles. The first-order chi connectivity index (χ1) is 11.4. The molecule has 2 aromatic rings. The van der Waals surface area contributed by atoms with Crippen molar-refractivity contribution in [1.29, 1.82) is 5.26 Å². The standard InChI is InChI=1S/C17H15N3O3S/c18-10-12-4-3-7-15(8-12)24(22,23)20-11-14-6-2-1-5-13(14)9-16(20)17(19)21/h1-8,16H,9,11H2,(H2,19,21)/t16-/m1/s1. The molecule has 1 atom stereocenters. The molecule has 0 fully saturated rings. The van der Waals surface area contributed by atoms with Crippen LogP contribution in [0.25, 0.3) is 0 Å². The maximum atomic E-state index is 13.0. The van der Waals surface area contributed by atoms with Crippen LogP contribution in [0, 0.1) is 11.3 Å². The van der Waals surface area contributed by atoms with Gasteiger partial charge >= 0.3 is 0 Å². The summed E-state index contributed by atoms with van der Waals surface area (Å²) in [5.74, 6) is -0.690. The maximum absolute atomic E-state index is 13.0. The van der Waals surface area contributed by atoms with Crippen molar-refractivity contribution in [3.05, 3.63) is 65.2 Å². The molecule has 7 heteroatoms. The van der Waals surface area contributed by atoms with E-state index in [0.29, 0.717) is 0 Å². The Bertz CT molecular complexity index is 948. The van der Waals surface area contributed by atoms with Gasteiger partial charge in [-0.05, 0) is 35.7 Å². The fourth-order valence-corrected chi connectivity index (χ4v) is 4.48. The Labute approximate surface area is 140 Å². The molecule has 1 amide bonds. The van der Waals surface area contributed by atoms with Crippen LogP contribution in [0.3, 0.4) is 0 Å². The molecule has 0 saturated heterocycles. The molecule has 2 N–H and O–H groups in total. The van der Waals surface area contributed by atoms with Crippen molar-refractivity contribution in [3.63, 3.8) is 0 Å². The number of hydrogen-bond acceptors (Lipinski definition) is 4. The number of nitriles is 1. The highest BCUT2D eigenvalue weighted by molar-refractivity contribution is 7.89. The second-order valence-electron chi connectivity index (χ2n) is 5.58. The van der Waals surface area contributed by atoms with E-state index < -0.39 is 22.0 Å². The first kappa shape index (κ1) is 16.2. The van der Waals surface area contributed by atoms with Gasteiger partial charge in [0.2, 0.25) is 15.9 Å². The molecule has 1 aliphatic rings. The normalized spacial score (nSPS) is 17.7. The van der Waals surface area contributed by atoms with E-state index in [9.17, 15) is 13.2 Å². The second kappa shape index (κ2) is 6.07. The average molecular weight is 341 g/mol. The molecule has 6 nitrogen and oxygen atoms in total. The Morgan fingerprint density at radius 2 is 1.88 bits per heavy atom. The van der Waals surface area contributed by atoms with Crippen LogP contribution in [-0.4, -0.2) is 24.7 Å². The van der Waals surface area contributed by atoms with Gasteiger partial charge in [0.1, 0.15) is 6.04 Å². The zero-order valence-corrected chi connectivity index (χ0v) is 13.5. The number of rotatable bonds is 3. The summed E-state index contributed by atoms with van der Waals surface area (Å²) in [6.07, 6.45) is 0.239. The topological polar surface area (TPSA) is 104 Å². The van der Waals surface area contributed by atoms with E-state index in [1.807, 2.05) is 30.3 Å². The van der Waals surface area contributed by atoms with Crippen LogP contribution in [-0.2, 0) is 27.8 Å². The lowest BCUT2D eigenvalue weighted by Crippen LogP contribution is -2.51. The molecule has 1 aliphatic heterocycles. The third-order valence-corrected chi connectivity index (χ3v) is 5.95. The summed E-state index contributed by atoms with van der Waals surface area (Å²) in [4.78, 5) is 11.8. The molecule has 0 radical (unpaired) electrons. The molecule has 3 rings (SSSR count). The number of amides is 1. The largest absolute Gasteiger partial charge is 0.368 e. The first-order valence-electron chi connectivity index (χ1n) is 7.31. The van der Waals surface area contributed by atoms with Gasteiger partial charge < -0.3 is 5.73 Å². The van der Waals surface area contributed by atoms with Gasteiger partial charge in [-0.15, -0.1) is 0 Å². The minimum atomic E-state index is -3.95. The molecule has 122 valence electrons. The molecular formula is C17H15N3O3S. The number of carbonyl (C=O) groups excluding carboxylic acids is 1. The molecule has 24 heavy (non-hydrogen) atoms. The Morgan fingerprint density at radius 3 is 2.54 bits per heavy atom. The number of hydrogen-bond donors (Lipinski definition) is 1. The van der Waals surface area contributed by atoms with E-state index in [2.05, 4.69) is 0 Å². The molecule has 0 unspecified atom stereocenters. The molecule has 0 bridgehead atoms. The van der Waals surface area contributed by atoms with Crippen LogP contribution in [0.4, 0.5) is 0 Å². The van der Waals surface area contributed by atoms with Gasteiger partial charge in [0.05, 0.1) is 16.5 Å². The second-order valence-corrected chi connectivity index (χ2v) is 7.47. The number of fused-ring (bicyclic) bond motifs is 1. The number of carbonyl (C=O) groups is 1. The summed E-state index contributed by atoms with van der Waals surface area (Å²) in [6.45, 7) is 0.0723. The third-order valence-electron chi connectivity index (χ3n) is 4.10. The summed E-state index contributed by atoms with van der Waals surface area (Å²) in [7, 11) is -3.95. The maximum Gasteiger partial charge on any atom is 0.244 e. The van der Waals surface area contributed by atoms with Crippen molar-refractivity contribution in [3.8, 4) is 6.07 Å². The van der Waals surface area contributed by atoms with E-state index in [4.69, 9.17) is 11.0 Å². The van der Waals surface area contributed by atoms with Gasteiger partial charge in [-0.3, -0.25) is 4.79 Å². The first-order valence-corrected chi connectivity index (χ1v) is 8.75. The fraction of sp³-hybridized carbons (Fsp3) is 0.176. The predicted molar refractivity (Wildman–Crippen MR) is 87.0 cm³/mol. The van der Waals surface area contributed by atoms with Gasteiger partial charge in [0.15, 0.2) is 0 Å². The number of primary amides is 1. The van der Waals surface area contributed by atoms with Gasteiger partial charge in [0.25, 0.3) is 0 Å². The lowest BCUT2D eigenvalue weighted by molar-refractivity contribution is -0.122. The molecule has 1 heterocycles. The number of nitrogens with two attached hydrogens (primary N) is 1. The Hall–Kier alpha value is -2.69. The van der Waals surface area contributed by atoms with Crippen LogP contribution >= 0.6 is 0 Å². The van der Waals surface area contributed by atoms with E-state index in [-0.39, 0.29) is 23.4 Å². The van der Waals surface area contributed by atoms with Crippen molar-refractivity contribution in [1.82, 2.24) is 4.31 Å². The van der Waals surface area contributed by atoms with Crippen LogP contribution in [0.5, 0.6) is 0 Å². The molecule has 2 aromatic carbocycles. The lowest BCUT2D eigenvalue weighted by atomic mass is 9.96. The monoisotopic (exact) mass is 341 g/mol. The fourth-order valence-electron chi connectivity index (χ4n) is 2.86. The molecule has 0 aromatic heterocycles. The zero-order chi connectivity index (χ0) is 17.3. The van der Waals surface area contributed by atoms with Gasteiger partial charge in [-0.25, -0.2) is 8.42 Å². The molecule has 0 aliphatic carbocycles. The highest BCUT2D eigenvalue weighted by Gasteiger charge is 2.38. The summed E-state index contributed by atoms with van der Waals surface area (Å²) >= 11 is 0. The average Bonchev–Trinajstić information content (AvgIpc) is 2.60. The minimum absolute atomic E-state index is 0.0211. The minimum Gasteiger partial charge on any atom is -0.368 e. The Balaban J connectivity index is 2.08. The molecular weight excluding hydrogens is 326 g/mol. The van der Waals surface area contributed by atoms with E-state index in [1.165, 1.54) is 24.3 Å². The number of benzene rings is 2. The van der Waals surface area contributed by atoms with Crippen LogP contribution in [0.1, 0.15) is 16.7 Å². The van der Waals surface area contributed by atoms with E-state index in [0.717, 1.165) is 15.4 Å². The molecule has 0 spiro atoms. The number of nitrogens with zero attached hydrogens (tertiary/aromatic N) is 2. The summed E-state index contributed by atoms with van der Waals surface area (Å²) in [5.41, 5.74) is 7.45. The highest BCUT2D eigenvalue weighted by Crippen LogP contribution is 2.29. The van der Waals surface area contributed by atoms with Gasteiger partial charge in [-0.2, -0.15) is 9.57 Å². The quantitative estimate of drug-likeness (QED) is 0.904. The SMILES string of the molecule is N#Cc1cccc(S(=O)(=O)N2Cc3ccccc3C[C@@H]2C(N)=O)c1. The summed E-state index contributed by atoms with van der Waals surface area (Å²) in [6, 6.07) is 14.1.